The molecule has 5 heteroatoms. The fourth-order valence-electron chi connectivity index (χ4n) is 2.19. The zero-order valence-corrected chi connectivity index (χ0v) is 11.8. The van der Waals surface area contributed by atoms with Gasteiger partial charge in [-0.2, -0.15) is 0 Å². The van der Waals surface area contributed by atoms with Crippen LogP contribution in [0.3, 0.4) is 0 Å². The highest BCUT2D eigenvalue weighted by Gasteiger charge is 2.14. The topological polar surface area (TPSA) is 68.1 Å². The van der Waals surface area contributed by atoms with Gasteiger partial charge in [-0.15, -0.1) is 0 Å². The van der Waals surface area contributed by atoms with E-state index in [1.165, 1.54) is 6.07 Å². The Kier molecular flexibility index (Phi) is 4.50. The fourth-order valence-corrected chi connectivity index (χ4v) is 2.19. The molecule has 20 heavy (non-hydrogen) atoms. The summed E-state index contributed by atoms with van der Waals surface area (Å²) in [7, 11) is 0. The number of nitro benzene ring substituents is 1. The number of nitrogens with one attached hydrogen (secondary N) is 1. The van der Waals surface area contributed by atoms with Crippen LogP contribution in [0.1, 0.15) is 26.7 Å². The number of fused-ring (bicyclic) bond motifs is 1. The standard InChI is InChI=1S/C15H19N3O2/c1-11(2)5-3-9-16-13-7-8-14(18(19)20)15-12(13)6-4-10-17-15/h4,6-8,10-11,16H,3,5,9H2,1-2H3. The quantitative estimate of drug-likeness (QED) is 0.491. The number of hydrogen-bond acceptors (Lipinski definition) is 4. The van der Waals surface area contributed by atoms with Crippen molar-refractivity contribution in [3.8, 4) is 0 Å². The zero-order chi connectivity index (χ0) is 14.5. The van der Waals surface area contributed by atoms with Crippen molar-refractivity contribution in [3.63, 3.8) is 0 Å². The van der Waals surface area contributed by atoms with Crippen molar-refractivity contribution >= 4 is 22.3 Å². The van der Waals surface area contributed by atoms with E-state index in [1.807, 2.05) is 6.07 Å². The van der Waals surface area contributed by atoms with E-state index in [0.717, 1.165) is 30.5 Å². The van der Waals surface area contributed by atoms with Crippen molar-refractivity contribution in [2.75, 3.05) is 11.9 Å². The van der Waals surface area contributed by atoms with E-state index in [0.29, 0.717) is 11.4 Å². The molecule has 0 saturated heterocycles. The first-order chi connectivity index (χ1) is 9.59. The lowest BCUT2D eigenvalue weighted by Crippen LogP contribution is -2.04. The van der Waals surface area contributed by atoms with Crippen LogP contribution >= 0.6 is 0 Å². The number of nitro groups is 1. The Labute approximate surface area is 118 Å². The summed E-state index contributed by atoms with van der Waals surface area (Å²) in [5.74, 6) is 0.687. The molecule has 1 aromatic heterocycles. The van der Waals surface area contributed by atoms with Gasteiger partial charge in [0.25, 0.3) is 5.69 Å². The molecule has 106 valence electrons. The van der Waals surface area contributed by atoms with Gasteiger partial charge in [0.2, 0.25) is 0 Å². The van der Waals surface area contributed by atoms with Crippen LogP contribution < -0.4 is 5.32 Å². The summed E-state index contributed by atoms with van der Waals surface area (Å²) in [4.78, 5) is 14.8. The maximum Gasteiger partial charge on any atom is 0.295 e. The molecule has 0 aliphatic carbocycles. The van der Waals surface area contributed by atoms with Crippen molar-refractivity contribution in [1.29, 1.82) is 0 Å². The van der Waals surface area contributed by atoms with E-state index >= 15 is 0 Å². The lowest BCUT2D eigenvalue weighted by molar-refractivity contribution is -0.383. The second-order valence-electron chi connectivity index (χ2n) is 5.25. The maximum absolute atomic E-state index is 11.0. The van der Waals surface area contributed by atoms with Crippen LogP contribution in [0.5, 0.6) is 0 Å². The highest BCUT2D eigenvalue weighted by molar-refractivity contribution is 5.96. The van der Waals surface area contributed by atoms with Crippen LogP contribution in [0, 0.1) is 16.0 Å². The van der Waals surface area contributed by atoms with Gasteiger partial charge in [0, 0.05) is 29.9 Å². The van der Waals surface area contributed by atoms with Crippen LogP contribution in [-0.2, 0) is 0 Å². The predicted octanol–water partition coefficient (Wildman–Crippen LogP) is 3.99. The zero-order valence-electron chi connectivity index (χ0n) is 11.8. The number of nitrogens with zero attached hydrogens (tertiary/aromatic N) is 2. The molecule has 1 heterocycles. The number of anilines is 1. The summed E-state index contributed by atoms with van der Waals surface area (Å²) in [5, 5.41) is 15.2. The van der Waals surface area contributed by atoms with Crippen molar-refractivity contribution in [2.45, 2.75) is 26.7 Å². The van der Waals surface area contributed by atoms with Gasteiger partial charge in [0.05, 0.1) is 4.92 Å². The van der Waals surface area contributed by atoms with Crippen molar-refractivity contribution in [2.24, 2.45) is 5.92 Å². The molecule has 2 aromatic rings. The molecular formula is C15H19N3O2. The molecule has 0 fully saturated rings. The third-order valence-corrected chi connectivity index (χ3v) is 3.22. The Morgan fingerprint density at radius 2 is 2.15 bits per heavy atom. The maximum atomic E-state index is 11.0. The Morgan fingerprint density at radius 1 is 1.35 bits per heavy atom. The summed E-state index contributed by atoms with van der Waals surface area (Å²) in [6.07, 6.45) is 3.82. The lowest BCUT2D eigenvalue weighted by Gasteiger charge is -2.10. The van der Waals surface area contributed by atoms with E-state index < -0.39 is 4.92 Å². The van der Waals surface area contributed by atoms with E-state index in [4.69, 9.17) is 0 Å². The number of aromatic nitrogens is 1. The highest BCUT2D eigenvalue weighted by atomic mass is 16.6. The lowest BCUT2D eigenvalue weighted by atomic mass is 10.1. The van der Waals surface area contributed by atoms with E-state index in [-0.39, 0.29) is 5.69 Å². The molecule has 0 aliphatic heterocycles. The average Bonchev–Trinajstić information content (AvgIpc) is 2.43. The number of rotatable bonds is 6. The first-order valence-corrected chi connectivity index (χ1v) is 6.85. The smallest absolute Gasteiger partial charge is 0.295 e. The predicted molar refractivity (Wildman–Crippen MR) is 81.0 cm³/mol. The minimum atomic E-state index is -0.391. The van der Waals surface area contributed by atoms with Gasteiger partial charge in [-0.3, -0.25) is 10.1 Å². The van der Waals surface area contributed by atoms with Crippen LogP contribution in [0.15, 0.2) is 30.5 Å². The van der Waals surface area contributed by atoms with Crippen LogP contribution in [-0.4, -0.2) is 16.5 Å². The molecule has 5 nitrogen and oxygen atoms in total. The van der Waals surface area contributed by atoms with Gasteiger partial charge in [0.1, 0.15) is 5.52 Å². The molecule has 0 radical (unpaired) electrons. The summed E-state index contributed by atoms with van der Waals surface area (Å²) in [6.45, 7) is 5.26. The minimum absolute atomic E-state index is 0.0494. The van der Waals surface area contributed by atoms with Crippen molar-refractivity contribution in [3.05, 3.63) is 40.6 Å². The molecule has 0 bridgehead atoms. The average molecular weight is 273 g/mol. The first kappa shape index (κ1) is 14.2. The molecule has 0 saturated carbocycles. The van der Waals surface area contributed by atoms with Gasteiger partial charge in [-0.05, 0) is 37.0 Å². The molecule has 0 atom stereocenters. The largest absolute Gasteiger partial charge is 0.384 e. The molecule has 0 unspecified atom stereocenters. The minimum Gasteiger partial charge on any atom is -0.384 e. The SMILES string of the molecule is CC(C)CCCNc1ccc([N+](=O)[O-])c2ncccc12. The Morgan fingerprint density at radius 3 is 2.85 bits per heavy atom. The third-order valence-electron chi connectivity index (χ3n) is 3.22. The van der Waals surface area contributed by atoms with Gasteiger partial charge in [0.15, 0.2) is 0 Å². The van der Waals surface area contributed by atoms with Gasteiger partial charge < -0.3 is 5.32 Å². The Balaban J connectivity index is 2.22. The molecule has 0 spiro atoms. The summed E-state index contributed by atoms with van der Waals surface area (Å²) in [5.41, 5.74) is 1.39. The van der Waals surface area contributed by atoms with E-state index in [1.54, 1.807) is 18.3 Å². The van der Waals surface area contributed by atoms with E-state index in [9.17, 15) is 10.1 Å². The van der Waals surface area contributed by atoms with Gasteiger partial charge in [-0.25, -0.2) is 4.98 Å². The summed E-state index contributed by atoms with van der Waals surface area (Å²) in [6, 6.07) is 6.93. The molecule has 1 aromatic carbocycles. The second-order valence-corrected chi connectivity index (χ2v) is 5.25. The normalized spacial score (nSPS) is 10.9. The van der Waals surface area contributed by atoms with Crippen molar-refractivity contribution in [1.82, 2.24) is 4.98 Å². The van der Waals surface area contributed by atoms with Crippen LogP contribution in [0.25, 0.3) is 10.9 Å². The number of benzene rings is 1. The van der Waals surface area contributed by atoms with Crippen molar-refractivity contribution < 1.29 is 4.92 Å². The molecule has 2 rings (SSSR count). The Hall–Kier alpha value is -2.17. The highest BCUT2D eigenvalue weighted by Crippen LogP contribution is 2.29. The Bertz CT molecular complexity index is 611. The third kappa shape index (κ3) is 3.23. The molecule has 0 aliphatic rings. The van der Waals surface area contributed by atoms with Crippen LogP contribution in [0.4, 0.5) is 11.4 Å². The number of hydrogen-bond donors (Lipinski definition) is 1. The monoisotopic (exact) mass is 273 g/mol. The van der Waals surface area contributed by atoms with Gasteiger partial charge >= 0.3 is 0 Å². The molecular weight excluding hydrogens is 254 g/mol. The second kappa shape index (κ2) is 6.32. The van der Waals surface area contributed by atoms with Gasteiger partial charge in [-0.1, -0.05) is 13.8 Å². The summed E-state index contributed by atoms with van der Waals surface area (Å²) < 4.78 is 0. The number of non-ortho nitro benzene ring substituents is 1. The molecule has 1 N–H and O–H groups in total. The van der Waals surface area contributed by atoms with E-state index in [2.05, 4.69) is 24.1 Å². The summed E-state index contributed by atoms with van der Waals surface area (Å²) >= 11 is 0. The first-order valence-electron chi connectivity index (χ1n) is 6.85. The number of pyridine rings is 1. The molecule has 0 amide bonds. The van der Waals surface area contributed by atoms with Crippen LogP contribution in [0.2, 0.25) is 0 Å². The fraction of sp³-hybridized carbons (Fsp3) is 0.400.